The summed E-state index contributed by atoms with van der Waals surface area (Å²) in [5, 5.41) is 3.16. The number of ether oxygens (including phenoxy) is 2. The number of hydrogen-bond donors (Lipinski definition) is 1. The molecule has 1 aliphatic rings. The third kappa shape index (κ3) is 4.26. The number of aryl methyl sites for hydroxylation is 2. The fourth-order valence-corrected chi connectivity index (χ4v) is 3.47. The fraction of sp³-hybridized carbons (Fsp3) is 0.435. The molecule has 1 N–H and O–H groups in total. The van der Waals surface area contributed by atoms with Crippen LogP contribution in [0.15, 0.2) is 36.4 Å². The number of carbonyl (C=O) groups is 1. The van der Waals surface area contributed by atoms with Gasteiger partial charge in [0, 0.05) is 12.0 Å². The molecule has 0 radical (unpaired) electrons. The van der Waals surface area contributed by atoms with Crippen LogP contribution in [0.2, 0.25) is 0 Å². The molecular formula is C23H29NO3. The van der Waals surface area contributed by atoms with E-state index >= 15 is 0 Å². The van der Waals surface area contributed by atoms with Gasteiger partial charge in [-0.2, -0.15) is 0 Å². The van der Waals surface area contributed by atoms with Crippen LogP contribution in [-0.4, -0.2) is 17.6 Å². The third-order valence-corrected chi connectivity index (χ3v) is 5.17. The van der Waals surface area contributed by atoms with Crippen molar-refractivity contribution in [3.05, 3.63) is 58.7 Å². The molecule has 0 saturated heterocycles. The molecule has 0 unspecified atom stereocenters. The molecule has 0 spiro atoms. The standard InChI is InChI=1S/C23H29NO3/c1-14-10-11-18-19(13-23(5,6)27-21(18)12-14)24-22(25)17(4)26-20-9-7-8-15(2)16(20)3/h7-12,17,19H,13H2,1-6H3,(H,24,25)/t17-,19-/m0/s1. The predicted octanol–water partition coefficient (Wildman–Crippen LogP) is 4.80. The number of rotatable bonds is 4. The number of hydrogen-bond acceptors (Lipinski definition) is 3. The van der Waals surface area contributed by atoms with Crippen LogP contribution in [0.3, 0.4) is 0 Å². The average Bonchev–Trinajstić information content (AvgIpc) is 2.57. The SMILES string of the molecule is Cc1ccc2c(c1)OC(C)(C)C[C@@H]2NC(=O)[C@H](C)Oc1cccc(C)c1C. The van der Waals surface area contributed by atoms with Crippen molar-refractivity contribution in [1.29, 1.82) is 0 Å². The Balaban J connectivity index is 1.76. The number of carbonyl (C=O) groups excluding carboxylic acids is 1. The summed E-state index contributed by atoms with van der Waals surface area (Å²) in [5.41, 5.74) is 4.03. The van der Waals surface area contributed by atoms with E-state index in [4.69, 9.17) is 9.47 Å². The second kappa shape index (κ2) is 7.26. The third-order valence-electron chi connectivity index (χ3n) is 5.17. The van der Waals surface area contributed by atoms with E-state index in [0.717, 1.165) is 33.8 Å². The maximum absolute atomic E-state index is 12.8. The van der Waals surface area contributed by atoms with Crippen LogP contribution < -0.4 is 14.8 Å². The summed E-state index contributed by atoms with van der Waals surface area (Å²) in [6, 6.07) is 11.9. The highest BCUT2D eigenvalue weighted by Gasteiger charge is 2.35. The van der Waals surface area contributed by atoms with Crippen LogP contribution in [0, 0.1) is 20.8 Å². The summed E-state index contributed by atoms with van der Waals surface area (Å²) in [7, 11) is 0. The maximum atomic E-state index is 12.8. The average molecular weight is 367 g/mol. The van der Waals surface area contributed by atoms with Gasteiger partial charge in [-0.25, -0.2) is 0 Å². The van der Waals surface area contributed by atoms with Crippen molar-refractivity contribution in [2.24, 2.45) is 0 Å². The molecule has 0 aliphatic carbocycles. The molecule has 144 valence electrons. The van der Waals surface area contributed by atoms with Crippen molar-refractivity contribution < 1.29 is 14.3 Å². The molecule has 1 amide bonds. The van der Waals surface area contributed by atoms with Crippen LogP contribution in [0.4, 0.5) is 0 Å². The first-order valence-corrected chi connectivity index (χ1v) is 9.49. The quantitative estimate of drug-likeness (QED) is 0.844. The first-order chi connectivity index (χ1) is 12.7. The highest BCUT2D eigenvalue weighted by atomic mass is 16.5. The lowest BCUT2D eigenvalue weighted by atomic mass is 9.89. The van der Waals surface area contributed by atoms with Crippen LogP contribution >= 0.6 is 0 Å². The van der Waals surface area contributed by atoms with E-state index in [-0.39, 0.29) is 17.6 Å². The molecule has 0 saturated carbocycles. The van der Waals surface area contributed by atoms with E-state index in [1.54, 1.807) is 6.92 Å². The smallest absolute Gasteiger partial charge is 0.261 e. The predicted molar refractivity (Wildman–Crippen MR) is 107 cm³/mol. The molecule has 3 rings (SSSR count). The molecular weight excluding hydrogens is 338 g/mol. The Hall–Kier alpha value is -2.49. The molecule has 0 bridgehead atoms. The molecule has 2 aromatic carbocycles. The summed E-state index contributed by atoms with van der Waals surface area (Å²) in [4.78, 5) is 12.8. The Bertz CT molecular complexity index is 857. The largest absolute Gasteiger partial charge is 0.487 e. The first kappa shape index (κ1) is 19.3. The number of amides is 1. The Morgan fingerprint density at radius 1 is 1.22 bits per heavy atom. The van der Waals surface area contributed by atoms with Crippen molar-refractivity contribution in [1.82, 2.24) is 5.32 Å². The van der Waals surface area contributed by atoms with Gasteiger partial charge in [0.15, 0.2) is 6.10 Å². The van der Waals surface area contributed by atoms with Crippen molar-refractivity contribution in [3.63, 3.8) is 0 Å². The van der Waals surface area contributed by atoms with Gasteiger partial charge in [0.05, 0.1) is 6.04 Å². The second-order valence-electron chi connectivity index (χ2n) is 8.13. The van der Waals surface area contributed by atoms with E-state index in [1.807, 2.05) is 65.0 Å². The highest BCUT2D eigenvalue weighted by Crippen LogP contribution is 2.40. The van der Waals surface area contributed by atoms with Crippen LogP contribution in [0.25, 0.3) is 0 Å². The lowest BCUT2D eigenvalue weighted by Gasteiger charge is -2.38. The van der Waals surface area contributed by atoms with Gasteiger partial charge < -0.3 is 14.8 Å². The molecule has 0 fully saturated rings. The van der Waals surface area contributed by atoms with E-state index < -0.39 is 6.10 Å². The van der Waals surface area contributed by atoms with Crippen LogP contribution in [0.5, 0.6) is 11.5 Å². The minimum atomic E-state index is -0.578. The molecule has 4 nitrogen and oxygen atoms in total. The number of nitrogens with one attached hydrogen (secondary N) is 1. The molecule has 4 heteroatoms. The van der Waals surface area contributed by atoms with E-state index in [0.29, 0.717) is 6.42 Å². The molecule has 1 aliphatic heterocycles. The molecule has 2 aromatic rings. The Labute approximate surface area is 161 Å². The zero-order valence-electron chi connectivity index (χ0n) is 17.1. The van der Waals surface area contributed by atoms with Crippen LogP contribution in [0.1, 0.15) is 55.5 Å². The van der Waals surface area contributed by atoms with Crippen molar-refractivity contribution in [2.45, 2.75) is 65.7 Å². The van der Waals surface area contributed by atoms with Crippen molar-refractivity contribution in [2.75, 3.05) is 0 Å². The zero-order valence-corrected chi connectivity index (χ0v) is 17.1. The minimum absolute atomic E-state index is 0.0958. The van der Waals surface area contributed by atoms with E-state index in [1.165, 1.54) is 0 Å². The Kier molecular flexibility index (Phi) is 5.18. The zero-order chi connectivity index (χ0) is 19.8. The lowest BCUT2D eigenvalue weighted by Crippen LogP contribution is -2.44. The monoisotopic (exact) mass is 367 g/mol. The molecule has 1 heterocycles. The van der Waals surface area contributed by atoms with Crippen LogP contribution in [-0.2, 0) is 4.79 Å². The summed E-state index contributed by atoms with van der Waals surface area (Å²) in [6.07, 6.45) is 0.135. The summed E-state index contributed by atoms with van der Waals surface area (Å²) in [5.74, 6) is 1.48. The number of fused-ring (bicyclic) bond motifs is 1. The van der Waals surface area contributed by atoms with E-state index in [2.05, 4.69) is 11.4 Å². The van der Waals surface area contributed by atoms with Gasteiger partial charge in [-0.1, -0.05) is 24.3 Å². The molecule has 2 atom stereocenters. The van der Waals surface area contributed by atoms with Crippen molar-refractivity contribution in [3.8, 4) is 11.5 Å². The first-order valence-electron chi connectivity index (χ1n) is 9.49. The summed E-state index contributed by atoms with van der Waals surface area (Å²) < 4.78 is 12.1. The fourth-order valence-electron chi connectivity index (χ4n) is 3.47. The normalized spacial score (nSPS) is 18.8. The van der Waals surface area contributed by atoms with Gasteiger partial charge in [-0.05, 0) is 70.4 Å². The molecule has 0 aromatic heterocycles. The van der Waals surface area contributed by atoms with Gasteiger partial charge in [0.1, 0.15) is 17.1 Å². The van der Waals surface area contributed by atoms with Crippen molar-refractivity contribution >= 4 is 5.91 Å². The summed E-state index contributed by atoms with van der Waals surface area (Å²) in [6.45, 7) is 12.0. The minimum Gasteiger partial charge on any atom is -0.487 e. The van der Waals surface area contributed by atoms with Gasteiger partial charge in [-0.3, -0.25) is 4.79 Å². The summed E-state index contributed by atoms with van der Waals surface area (Å²) >= 11 is 0. The highest BCUT2D eigenvalue weighted by molar-refractivity contribution is 5.81. The maximum Gasteiger partial charge on any atom is 0.261 e. The Morgan fingerprint density at radius 2 is 1.96 bits per heavy atom. The number of benzene rings is 2. The van der Waals surface area contributed by atoms with Gasteiger partial charge in [-0.15, -0.1) is 0 Å². The van der Waals surface area contributed by atoms with Gasteiger partial charge >= 0.3 is 0 Å². The van der Waals surface area contributed by atoms with E-state index in [9.17, 15) is 4.79 Å². The molecule has 27 heavy (non-hydrogen) atoms. The second-order valence-corrected chi connectivity index (χ2v) is 8.13. The van der Waals surface area contributed by atoms with Gasteiger partial charge in [0.2, 0.25) is 0 Å². The lowest BCUT2D eigenvalue weighted by molar-refractivity contribution is -0.128. The topological polar surface area (TPSA) is 47.6 Å². The van der Waals surface area contributed by atoms with Gasteiger partial charge in [0.25, 0.3) is 5.91 Å². The Morgan fingerprint density at radius 3 is 2.70 bits per heavy atom.